The highest BCUT2D eigenvalue weighted by Crippen LogP contribution is 2.35. The van der Waals surface area contributed by atoms with Crippen molar-refractivity contribution < 1.29 is 22.7 Å². The molecule has 0 spiro atoms. The fourth-order valence-corrected chi connectivity index (χ4v) is 5.46. The van der Waals surface area contributed by atoms with Crippen molar-refractivity contribution in [2.45, 2.75) is 31.2 Å². The number of hydrogen-bond donors (Lipinski definition) is 1. The molecule has 1 amide bonds. The predicted molar refractivity (Wildman–Crippen MR) is 135 cm³/mol. The molecule has 35 heavy (non-hydrogen) atoms. The van der Waals surface area contributed by atoms with Crippen molar-refractivity contribution >= 4 is 21.6 Å². The summed E-state index contributed by atoms with van der Waals surface area (Å²) in [6.45, 7) is 4.60. The van der Waals surface area contributed by atoms with Gasteiger partial charge in [-0.2, -0.15) is 0 Å². The van der Waals surface area contributed by atoms with Crippen LogP contribution in [0.4, 0.5) is 5.69 Å². The number of sulfonamides is 1. The molecular weight excluding hydrogens is 464 g/mol. The minimum Gasteiger partial charge on any atom is -0.486 e. The van der Waals surface area contributed by atoms with E-state index in [2.05, 4.69) is 19.2 Å². The van der Waals surface area contributed by atoms with Crippen LogP contribution in [-0.4, -0.2) is 34.1 Å². The molecule has 1 aliphatic rings. The highest BCUT2D eigenvalue weighted by Gasteiger charge is 2.29. The third kappa shape index (κ3) is 5.95. The number of anilines is 1. The Balaban J connectivity index is 1.65. The largest absolute Gasteiger partial charge is 0.486 e. The molecule has 0 bridgehead atoms. The maximum absolute atomic E-state index is 13.6. The minimum absolute atomic E-state index is 0.101. The number of ether oxygens (including phenoxy) is 2. The van der Waals surface area contributed by atoms with Crippen LogP contribution in [0.3, 0.4) is 0 Å². The first-order valence-electron chi connectivity index (χ1n) is 11.7. The van der Waals surface area contributed by atoms with Gasteiger partial charge in [-0.25, -0.2) is 8.42 Å². The van der Waals surface area contributed by atoms with Gasteiger partial charge in [0.25, 0.3) is 10.0 Å². The molecule has 3 aromatic rings. The number of amides is 1. The van der Waals surface area contributed by atoms with Crippen LogP contribution in [0.15, 0.2) is 83.8 Å². The number of nitrogens with zero attached hydrogens (tertiary/aromatic N) is 1. The molecule has 0 unspecified atom stereocenters. The normalized spacial score (nSPS) is 13.8. The number of fused-ring (bicyclic) bond motifs is 1. The third-order valence-corrected chi connectivity index (χ3v) is 7.46. The molecule has 8 heteroatoms. The van der Waals surface area contributed by atoms with E-state index in [1.807, 2.05) is 30.3 Å². The lowest BCUT2D eigenvalue weighted by atomic mass is 9.97. The topological polar surface area (TPSA) is 84.9 Å². The van der Waals surface area contributed by atoms with E-state index in [4.69, 9.17) is 9.47 Å². The van der Waals surface area contributed by atoms with Gasteiger partial charge in [0.2, 0.25) is 5.91 Å². The van der Waals surface area contributed by atoms with E-state index in [9.17, 15) is 13.2 Å². The van der Waals surface area contributed by atoms with E-state index < -0.39 is 15.9 Å². The summed E-state index contributed by atoms with van der Waals surface area (Å²) in [7, 11) is -4.02. The number of carbonyl (C=O) groups is 1. The van der Waals surface area contributed by atoms with Gasteiger partial charge in [-0.3, -0.25) is 9.10 Å². The summed E-state index contributed by atoms with van der Waals surface area (Å²) < 4.78 is 39.6. The second kappa shape index (κ2) is 10.8. The number of benzene rings is 3. The average molecular weight is 495 g/mol. The van der Waals surface area contributed by atoms with Crippen molar-refractivity contribution in [1.82, 2.24) is 5.32 Å². The highest BCUT2D eigenvalue weighted by molar-refractivity contribution is 7.92. The smallest absolute Gasteiger partial charge is 0.264 e. The zero-order valence-corrected chi connectivity index (χ0v) is 20.7. The van der Waals surface area contributed by atoms with Gasteiger partial charge in [-0.05, 0) is 42.2 Å². The van der Waals surface area contributed by atoms with Crippen LogP contribution in [0.1, 0.15) is 31.9 Å². The van der Waals surface area contributed by atoms with Crippen LogP contribution in [0.25, 0.3) is 0 Å². The molecule has 1 N–H and O–H groups in total. The summed E-state index contributed by atoms with van der Waals surface area (Å²) in [4.78, 5) is 13.4. The van der Waals surface area contributed by atoms with Crippen molar-refractivity contribution in [3.63, 3.8) is 0 Å². The number of rotatable bonds is 9. The Bertz CT molecular complexity index is 1250. The second-order valence-electron chi connectivity index (χ2n) is 8.81. The molecule has 0 radical (unpaired) electrons. The minimum atomic E-state index is -4.02. The Morgan fingerprint density at radius 3 is 2.20 bits per heavy atom. The predicted octanol–water partition coefficient (Wildman–Crippen LogP) is 4.56. The number of carbonyl (C=O) groups excluding carboxylic acids is 1. The SMILES string of the molecule is CC(C)C[C@@H](NC(=O)CN(c1ccc2c(c1)OCCO2)S(=O)(=O)c1ccccc1)c1ccccc1. The molecule has 0 saturated carbocycles. The monoisotopic (exact) mass is 494 g/mol. The van der Waals surface area contributed by atoms with Crippen molar-refractivity contribution in [2.75, 3.05) is 24.1 Å². The molecule has 7 nitrogen and oxygen atoms in total. The third-order valence-electron chi connectivity index (χ3n) is 5.68. The lowest BCUT2D eigenvalue weighted by Crippen LogP contribution is -2.42. The zero-order valence-electron chi connectivity index (χ0n) is 19.9. The zero-order chi connectivity index (χ0) is 24.8. The Hall–Kier alpha value is -3.52. The molecule has 0 fully saturated rings. The van der Waals surface area contributed by atoms with Crippen molar-refractivity contribution in [3.05, 3.63) is 84.4 Å². The molecule has 0 aliphatic carbocycles. The highest BCUT2D eigenvalue weighted by atomic mass is 32.2. The summed E-state index contributed by atoms with van der Waals surface area (Å²) >= 11 is 0. The second-order valence-corrected chi connectivity index (χ2v) is 10.7. The van der Waals surface area contributed by atoms with E-state index in [1.54, 1.807) is 36.4 Å². The summed E-state index contributed by atoms with van der Waals surface area (Å²) in [6, 6.07) is 22.5. The molecule has 1 aliphatic heterocycles. The molecule has 1 heterocycles. The molecular formula is C27H30N2O5S. The average Bonchev–Trinajstić information content (AvgIpc) is 2.87. The van der Waals surface area contributed by atoms with Gasteiger partial charge in [0.1, 0.15) is 19.8 Å². The van der Waals surface area contributed by atoms with Gasteiger partial charge in [0, 0.05) is 6.07 Å². The lowest BCUT2D eigenvalue weighted by molar-refractivity contribution is -0.120. The lowest BCUT2D eigenvalue weighted by Gasteiger charge is -2.27. The summed E-state index contributed by atoms with van der Waals surface area (Å²) in [5.41, 5.74) is 1.31. The van der Waals surface area contributed by atoms with Gasteiger partial charge in [0.05, 0.1) is 16.6 Å². The van der Waals surface area contributed by atoms with Gasteiger partial charge < -0.3 is 14.8 Å². The van der Waals surface area contributed by atoms with Crippen LogP contribution in [0.2, 0.25) is 0 Å². The Kier molecular flexibility index (Phi) is 7.60. The van der Waals surface area contributed by atoms with Crippen molar-refractivity contribution in [3.8, 4) is 11.5 Å². The van der Waals surface area contributed by atoms with Crippen LogP contribution < -0.4 is 19.1 Å². The van der Waals surface area contributed by atoms with Crippen LogP contribution in [-0.2, 0) is 14.8 Å². The number of hydrogen-bond acceptors (Lipinski definition) is 5. The van der Waals surface area contributed by atoms with Gasteiger partial charge in [-0.15, -0.1) is 0 Å². The van der Waals surface area contributed by atoms with Crippen LogP contribution in [0, 0.1) is 5.92 Å². The van der Waals surface area contributed by atoms with E-state index in [0.29, 0.717) is 36.3 Å². The Labute approximate surface area is 206 Å². The fourth-order valence-electron chi connectivity index (χ4n) is 4.03. The molecule has 1 atom stereocenters. The maximum Gasteiger partial charge on any atom is 0.264 e. The molecule has 4 rings (SSSR count). The quantitative estimate of drug-likeness (QED) is 0.472. The van der Waals surface area contributed by atoms with E-state index in [1.165, 1.54) is 12.1 Å². The van der Waals surface area contributed by atoms with Crippen LogP contribution >= 0.6 is 0 Å². The molecule has 184 valence electrons. The Morgan fingerprint density at radius 1 is 0.914 bits per heavy atom. The van der Waals surface area contributed by atoms with Gasteiger partial charge >= 0.3 is 0 Å². The summed E-state index contributed by atoms with van der Waals surface area (Å²) in [5, 5.41) is 3.05. The fraction of sp³-hybridized carbons (Fsp3) is 0.296. The Morgan fingerprint density at radius 2 is 1.54 bits per heavy atom. The first kappa shape index (κ1) is 24.6. The van der Waals surface area contributed by atoms with Gasteiger partial charge in [0.15, 0.2) is 11.5 Å². The van der Waals surface area contributed by atoms with E-state index in [0.717, 1.165) is 16.3 Å². The van der Waals surface area contributed by atoms with E-state index in [-0.39, 0.29) is 17.5 Å². The molecule has 0 aromatic heterocycles. The summed E-state index contributed by atoms with van der Waals surface area (Å²) in [5.74, 6) is 0.934. The maximum atomic E-state index is 13.6. The van der Waals surface area contributed by atoms with Crippen LogP contribution in [0.5, 0.6) is 11.5 Å². The molecule has 3 aromatic carbocycles. The van der Waals surface area contributed by atoms with E-state index >= 15 is 0 Å². The van der Waals surface area contributed by atoms with Gasteiger partial charge in [-0.1, -0.05) is 62.4 Å². The first-order valence-corrected chi connectivity index (χ1v) is 13.1. The first-order chi connectivity index (χ1) is 16.8. The molecule has 0 saturated heterocycles. The van der Waals surface area contributed by atoms with Crippen molar-refractivity contribution in [2.24, 2.45) is 5.92 Å². The number of nitrogens with one attached hydrogen (secondary N) is 1. The summed E-state index contributed by atoms with van der Waals surface area (Å²) in [6.07, 6.45) is 0.727. The standard InChI is InChI=1S/C27H30N2O5S/c1-20(2)17-24(21-9-5-3-6-10-21)28-27(30)19-29(35(31,32)23-11-7-4-8-12-23)22-13-14-25-26(18-22)34-16-15-33-25/h3-14,18,20,24H,15-17,19H2,1-2H3,(H,28,30)/t24-/m1/s1. The van der Waals surface area contributed by atoms with Crippen molar-refractivity contribution in [1.29, 1.82) is 0 Å².